The van der Waals surface area contributed by atoms with E-state index in [4.69, 9.17) is 0 Å². The van der Waals surface area contributed by atoms with Crippen molar-refractivity contribution in [2.75, 3.05) is 0 Å². The highest BCUT2D eigenvalue weighted by Crippen LogP contribution is 2.29. The predicted octanol–water partition coefficient (Wildman–Crippen LogP) is 3.13. The SMILES string of the molecule is CC(C)(F)c1nnc(CBr)n1C(C)(C)C. The Hall–Kier alpha value is -0.450. The molecule has 0 spiro atoms. The largest absolute Gasteiger partial charge is 0.306 e. The lowest BCUT2D eigenvalue weighted by Gasteiger charge is -2.27. The quantitative estimate of drug-likeness (QED) is 0.778. The summed E-state index contributed by atoms with van der Waals surface area (Å²) >= 11 is 3.34. The van der Waals surface area contributed by atoms with Gasteiger partial charge >= 0.3 is 0 Å². The summed E-state index contributed by atoms with van der Waals surface area (Å²) in [5.74, 6) is 1.13. The van der Waals surface area contributed by atoms with Crippen LogP contribution in [0.3, 0.4) is 0 Å². The maximum Gasteiger partial charge on any atom is 0.170 e. The molecule has 0 saturated heterocycles. The first-order valence-corrected chi connectivity index (χ1v) is 6.00. The zero-order valence-electron chi connectivity index (χ0n) is 9.80. The Morgan fingerprint density at radius 2 is 1.73 bits per heavy atom. The summed E-state index contributed by atoms with van der Waals surface area (Å²) in [5.41, 5.74) is -1.69. The molecule has 0 aliphatic carbocycles. The molecule has 0 aliphatic heterocycles. The Kier molecular flexibility index (Phi) is 3.24. The summed E-state index contributed by atoms with van der Waals surface area (Å²) in [5, 5.41) is 8.50. The van der Waals surface area contributed by atoms with Crippen molar-refractivity contribution >= 4 is 15.9 Å². The molecule has 1 rings (SSSR count). The summed E-state index contributed by atoms with van der Waals surface area (Å²) < 4.78 is 15.8. The van der Waals surface area contributed by atoms with Crippen LogP contribution in [0.5, 0.6) is 0 Å². The second-order valence-electron chi connectivity index (χ2n) is 5.05. The molecule has 1 heterocycles. The molecule has 0 amide bonds. The predicted molar refractivity (Wildman–Crippen MR) is 61.8 cm³/mol. The van der Waals surface area contributed by atoms with Crippen molar-refractivity contribution in [3.05, 3.63) is 11.6 Å². The minimum Gasteiger partial charge on any atom is -0.306 e. The molecule has 86 valence electrons. The van der Waals surface area contributed by atoms with Crippen molar-refractivity contribution < 1.29 is 4.39 Å². The molecule has 0 bridgehead atoms. The highest BCUT2D eigenvalue weighted by Gasteiger charge is 2.32. The van der Waals surface area contributed by atoms with Crippen LogP contribution in [0.15, 0.2) is 0 Å². The van der Waals surface area contributed by atoms with Gasteiger partial charge in [0.1, 0.15) is 5.82 Å². The van der Waals surface area contributed by atoms with E-state index in [2.05, 4.69) is 26.1 Å². The molecule has 1 aromatic heterocycles. The maximum absolute atomic E-state index is 13.9. The van der Waals surface area contributed by atoms with Gasteiger partial charge < -0.3 is 4.57 Å². The van der Waals surface area contributed by atoms with Crippen LogP contribution in [0, 0.1) is 0 Å². The van der Waals surface area contributed by atoms with Crippen LogP contribution < -0.4 is 0 Å². The third-order valence-electron chi connectivity index (χ3n) is 2.05. The monoisotopic (exact) mass is 277 g/mol. The highest BCUT2D eigenvalue weighted by molar-refractivity contribution is 9.08. The molecule has 0 aliphatic rings. The second-order valence-corrected chi connectivity index (χ2v) is 5.61. The van der Waals surface area contributed by atoms with Crippen molar-refractivity contribution in [3.8, 4) is 0 Å². The highest BCUT2D eigenvalue weighted by atomic mass is 79.9. The van der Waals surface area contributed by atoms with Gasteiger partial charge in [-0.15, -0.1) is 10.2 Å². The Morgan fingerprint density at radius 1 is 1.20 bits per heavy atom. The van der Waals surface area contributed by atoms with Gasteiger partial charge in [0.25, 0.3) is 0 Å². The Morgan fingerprint density at radius 3 is 2.07 bits per heavy atom. The Balaban J connectivity index is 3.37. The number of rotatable bonds is 2. The van der Waals surface area contributed by atoms with Crippen LogP contribution >= 0.6 is 15.9 Å². The van der Waals surface area contributed by atoms with E-state index in [0.29, 0.717) is 11.2 Å². The zero-order valence-corrected chi connectivity index (χ0v) is 11.4. The van der Waals surface area contributed by atoms with E-state index in [9.17, 15) is 4.39 Å². The standard InChI is InChI=1S/C10H17BrFN3/c1-9(2,3)15-7(6-11)13-14-8(15)10(4,5)12/h6H2,1-5H3. The molecule has 0 N–H and O–H groups in total. The smallest absolute Gasteiger partial charge is 0.170 e. The minimum atomic E-state index is -1.47. The van der Waals surface area contributed by atoms with Gasteiger partial charge in [-0.3, -0.25) is 0 Å². The molecule has 0 unspecified atom stereocenters. The van der Waals surface area contributed by atoms with Gasteiger partial charge in [-0.2, -0.15) is 0 Å². The molecular formula is C10H17BrFN3. The molecule has 0 radical (unpaired) electrons. The summed E-state index contributed by atoms with van der Waals surface area (Å²) in [4.78, 5) is 0. The van der Waals surface area contributed by atoms with Crippen LogP contribution in [0.4, 0.5) is 4.39 Å². The van der Waals surface area contributed by atoms with Crippen molar-refractivity contribution in [2.45, 2.75) is 51.2 Å². The first kappa shape index (κ1) is 12.6. The van der Waals surface area contributed by atoms with Crippen molar-refractivity contribution in [1.29, 1.82) is 0 Å². The average molecular weight is 278 g/mol. The maximum atomic E-state index is 13.9. The summed E-state index contributed by atoms with van der Waals surface area (Å²) in [6.45, 7) is 9.03. The molecule has 1 aromatic rings. The number of alkyl halides is 2. The third kappa shape index (κ3) is 2.56. The third-order valence-corrected chi connectivity index (χ3v) is 2.55. The Labute approximate surface area is 98.2 Å². The van der Waals surface area contributed by atoms with Gasteiger partial charge in [-0.05, 0) is 34.6 Å². The van der Waals surface area contributed by atoms with E-state index < -0.39 is 5.67 Å². The van der Waals surface area contributed by atoms with E-state index >= 15 is 0 Å². The van der Waals surface area contributed by atoms with Crippen molar-refractivity contribution in [3.63, 3.8) is 0 Å². The topological polar surface area (TPSA) is 30.7 Å². The first-order chi connectivity index (χ1) is 6.68. The van der Waals surface area contributed by atoms with Gasteiger partial charge in [-0.1, -0.05) is 15.9 Å². The van der Waals surface area contributed by atoms with E-state index in [1.807, 2.05) is 25.3 Å². The Bertz CT molecular complexity index is 347. The van der Waals surface area contributed by atoms with Gasteiger partial charge in [0.2, 0.25) is 0 Å². The van der Waals surface area contributed by atoms with E-state index in [0.717, 1.165) is 5.82 Å². The van der Waals surface area contributed by atoms with Gasteiger partial charge in [0.05, 0.1) is 5.33 Å². The van der Waals surface area contributed by atoms with Crippen LogP contribution in [-0.2, 0) is 16.5 Å². The first-order valence-electron chi connectivity index (χ1n) is 4.88. The lowest BCUT2D eigenvalue weighted by molar-refractivity contribution is 0.184. The van der Waals surface area contributed by atoms with Crippen molar-refractivity contribution in [1.82, 2.24) is 14.8 Å². The lowest BCUT2D eigenvalue weighted by atomic mass is 10.1. The number of hydrogen-bond donors (Lipinski definition) is 0. The number of nitrogens with zero attached hydrogens (tertiary/aromatic N) is 3. The number of hydrogen-bond acceptors (Lipinski definition) is 2. The minimum absolute atomic E-state index is 0.217. The molecule has 3 nitrogen and oxygen atoms in total. The van der Waals surface area contributed by atoms with Gasteiger partial charge in [0, 0.05) is 5.54 Å². The van der Waals surface area contributed by atoms with Crippen LogP contribution in [0.2, 0.25) is 0 Å². The van der Waals surface area contributed by atoms with E-state index in [-0.39, 0.29) is 5.54 Å². The van der Waals surface area contributed by atoms with Crippen LogP contribution in [-0.4, -0.2) is 14.8 Å². The van der Waals surface area contributed by atoms with Gasteiger partial charge in [-0.25, -0.2) is 4.39 Å². The molecule has 0 aromatic carbocycles. The summed E-state index contributed by atoms with van der Waals surface area (Å²) in [7, 11) is 0. The molecular weight excluding hydrogens is 261 g/mol. The number of aromatic nitrogens is 3. The fourth-order valence-electron chi connectivity index (χ4n) is 1.49. The van der Waals surface area contributed by atoms with E-state index in [1.165, 1.54) is 13.8 Å². The number of halogens is 2. The molecule has 0 saturated carbocycles. The normalized spacial score (nSPS) is 13.3. The molecule has 15 heavy (non-hydrogen) atoms. The van der Waals surface area contributed by atoms with Crippen LogP contribution in [0.25, 0.3) is 0 Å². The summed E-state index contributed by atoms with van der Waals surface area (Å²) in [6, 6.07) is 0. The van der Waals surface area contributed by atoms with E-state index in [1.54, 1.807) is 0 Å². The van der Waals surface area contributed by atoms with Gasteiger partial charge in [0.15, 0.2) is 11.5 Å². The average Bonchev–Trinajstić information content (AvgIpc) is 2.44. The fraction of sp³-hybridized carbons (Fsp3) is 0.800. The molecule has 5 heteroatoms. The molecule has 0 fully saturated rings. The van der Waals surface area contributed by atoms with Crippen LogP contribution in [0.1, 0.15) is 46.3 Å². The molecule has 0 atom stereocenters. The zero-order chi connectivity index (χ0) is 11.9. The fourth-order valence-corrected chi connectivity index (χ4v) is 1.86. The van der Waals surface area contributed by atoms with Crippen molar-refractivity contribution in [2.24, 2.45) is 0 Å². The lowest BCUT2D eigenvalue weighted by Crippen LogP contribution is -2.30. The second kappa shape index (κ2) is 3.85. The summed E-state index contributed by atoms with van der Waals surface area (Å²) in [6.07, 6.45) is 0.